The molecule has 0 amide bonds. The number of nitrogens with zero attached hydrogens (tertiary/aromatic N) is 1. The fourth-order valence-corrected chi connectivity index (χ4v) is 2.28. The lowest BCUT2D eigenvalue weighted by atomic mass is 9.80. The molecule has 1 rings (SSSR count). The van der Waals surface area contributed by atoms with Crippen LogP contribution in [0.2, 0.25) is 0 Å². The number of Topliss-reactive ketones (excluding diaryl/α,β-unsaturated/α-hetero) is 2. The number of nitro groups is 1. The Bertz CT molecular complexity index is 608. The summed E-state index contributed by atoms with van der Waals surface area (Å²) in [6.07, 6.45) is -0.866. The summed E-state index contributed by atoms with van der Waals surface area (Å²) in [5, 5.41) is 25.1. The normalized spacial score (nSPS) is 12.3. The van der Waals surface area contributed by atoms with E-state index in [0.717, 1.165) is 0 Å². The van der Waals surface area contributed by atoms with E-state index in [1.54, 1.807) is 25.1 Å². The van der Waals surface area contributed by atoms with Gasteiger partial charge < -0.3 is 10.2 Å². The number of carboxylic acid groups (broad SMARTS) is 2. The van der Waals surface area contributed by atoms with Crippen LogP contribution in [0.1, 0.15) is 45.1 Å². The zero-order valence-corrected chi connectivity index (χ0v) is 13.8. The number of carbonyl (C=O) groups is 3. The van der Waals surface area contributed by atoms with Gasteiger partial charge >= 0.3 is 6.16 Å². The molecule has 0 aliphatic rings. The first-order valence-electron chi connectivity index (χ1n) is 7.31. The highest BCUT2D eigenvalue weighted by Crippen LogP contribution is 2.34. The molecule has 8 heteroatoms. The lowest BCUT2D eigenvalue weighted by Gasteiger charge is -2.21. The minimum Gasteiger partial charge on any atom is -0.450 e. The molecule has 0 fully saturated rings. The summed E-state index contributed by atoms with van der Waals surface area (Å²) in [6, 6.07) is 6.15. The van der Waals surface area contributed by atoms with Gasteiger partial charge in [-0.25, -0.2) is 4.79 Å². The van der Waals surface area contributed by atoms with Crippen LogP contribution in [0, 0.1) is 16.0 Å². The second-order valence-electron chi connectivity index (χ2n) is 5.19. The van der Waals surface area contributed by atoms with Crippen molar-refractivity contribution in [3.05, 3.63) is 39.9 Å². The third-order valence-corrected chi connectivity index (χ3v) is 3.45. The quantitative estimate of drug-likeness (QED) is 0.573. The van der Waals surface area contributed by atoms with Gasteiger partial charge in [-0.15, -0.1) is 0 Å². The standard InChI is InChI=1S/C15H19NO4.CH2O3/c1-4-7-14(18)15(10(2)11(3)17)12-8-5-6-9-13(12)16(19)20;2-1(3)4/h5-6,8-10,15H,4,7H2,1-3H3;(H2,2,3,4). The van der Waals surface area contributed by atoms with Crippen LogP contribution in [0.3, 0.4) is 0 Å². The maximum absolute atomic E-state index is 12.3. The second kappa shape index (κ2) is 10.1. The maximum atomic E-state index is 12.3. The molecule has 0 aromatic heterocycles. The molecule has 0 spiro atoms. The van der Waals surface area contributed by atoms with Crippen LogP contribution in [-0.4, -0.2) is 32.9 Å². The van der Waals surface area contributed by atoms with E-state index in [1.807, 2.05) is 6.92 Å². The summed E-state index contributed by atoms with van der Waals surface area (Å²) >= 11 is 0. The van der Waals surface area contributed by atoms with Gasteiger partial charge in [-0.05, 0) is 13.3 Å². The molecule has 0 saturated carbocycles. The van der Waals surface area contributed by atoms with E-state index in [1.165, 1.54) is 13.0 Å². The minimum atomic E-state index is -1.83. The Kier molecular flexibility index (Phi) is 8.92. The van der Waals surface area contributed by atoms with Crippen molar-refractivity contribution in [3.8, 4) is 0 Å². The topological polar surface area (TPSA) is 135 Å². The number of hydrogen-bond acceptors (Lipinski definition) is 5. The van der Waals surface area contributed by atoms with E-state index in [0.29, 0.717) is 18.4 Å². The van der Waals surface area contributed by atoms with Crippen LogP contribution in [-0.2, 0) is 9.59 Å². The average molecular weight is 339 g/mol. The molecule has 0 bridgehead atoms. The predicted octanol–water partition coefficient (Wildman–Crippen LogP) is 3.50. The van der Waals surface area contributed by atoms with Gasteiger partial charge in [0.05, 0.1) is 10.8 Å². The maximum Gasteiger partial charge on any atom is 0.503 e. The fraction of sp³-hybridized carbons (Fsp3) is 0.438. The summed E-state index contributed by atoms with van der Waals surface area (Å²) in [5.41, 5.74) is 0.230. The Hall–Kier alpha value is -2.77. The molecule has 2 N–H and O–H groups in total. The molecule has 2 unspecified atom stereocenters. The van der Waals surface area contributed by atoms with Crippen LogP contribution in [0.4, 0.5) is 10.5 Å². The molecule has 0 radical (unpaired) electrons. The number of benzene rings is 1. The van der Waals surface area contributed by atoms with Crippen molar-refractivity contribution in [3.63, 3.8) is 0 Å². The van der Waals surface area contributed by atoms with Crippen molar-refractivity contribution >= 4 is 23.4 Å². The Morgan fingerprint density at radius 2 is 1.71 bits per heavy atom. The number of nitro benzene ring substituents is 1. The van der Waals surface area contributed by atoms with Crippen molar-refractivity contribution in [2.24, 2.45) is 5.92 Å². The van der Waals surface area contributed by atoms with Crippen molar-refractivity contribution in [1.29, 1.82) is 0 Å². The first-order chi connectivity index (χ1) is 11.1. The monoisotopic (exact) mass is 339 g/mol. The van der Waals surface area contributed by atoms with Crippen molar-refractivity contribution in [2.75, 3.05) is 0 Å². The van der Waals surface area contributed by atoms with Crippen molar-refractivity contribution in [1.82, 2.24) is 0 Å². The summed E-state index contributed by atoms with van der Waals surface area (Å²) in [6.45, 7) is 4.93. The van der Waals surface area contributed by atoms with Gasteiger partial charge in [-0.3, -0.25) is 19.7 Å². The zero-order valence-electron chi connectivity index (χ0n) is 13.8. The summed E-state index contributed by atoms with van der Waals surface area (Å²) in [4.78, 5) is 43.1. The van der Waals surface area contributed by atoms with Crippen molar-refractivity contribution < 1.29 is 29.5 Å². The first-order valence-corrected chi connectivity index (χ1v) is 7.31. The molecule has 1 aromatic carbocycles. The summed E-state index contributed by atoms with van der Waals surface area (Å²) in [7, 11) is 0. The van der Waals surface area contributed by atoms with E-state index in [9.17, 15) is 19.7 Å². The third kappa shape index (κ3) is 6.55. The van der Waals surface area contributed by atoms with E-state index < -0.39 is 22.9 Å². The highest BCUT2D eigenvalue weighted by molar-refractivity contribution is 5.93. The number of carbonyl (C=O) groups excluding carboxylic acids is 2. The molecule has 8 nitrogen and oxygen atoms in total. The highest BCUT2D eigenvalue weighted by Gasteiger charge is 2.33. The molecule has 0 aliphatic heterocycles. The number of rotatable bonds is 7. The highest BCUT2D eigenvalue weighted by atomic mass is 16.6. The largest absolute Gasteiger partial charge is 0.503 e. The number of para-hydroxylation sites is 1. The van der Waals surface area contributed by atoms with Crippen LogP contribution < -0.4 is 0 Å². The van der Waals surface area contributed by atoms with Gasteiger partial charge in [-0.2, -0.15) is 0 Å². The zero-order chi connectivity index (χ0) is 18.9. The molecule has 132 valence electrons. The van der Waals surface area contributed by atoms with Crippen LogP contribution in [0.25, 0.3) is 0 Å². The molecule has 1 aromatic rings. The van der Waals surface area contributed by atoms with E-state index >= 15 is 0 Å². The number of hydrogen-bond donors (Lipinski definition) is 2. The van der Waals surface area contributed by atoms with Crippen LogP contribution in [0.5, 0.6) is 0 Å². The Labute approximate surface area is 139 Å². The third-order valence-electron chi connectivity index (χ3n) is 3.45. The Morgan fingerprint density at radius 3 is 2.12 bits per heavy atom. The number of ketones is 2. The summed E-state index contributed by atoms with van der Waals surface area (Å²) < 4.78 is 0. The van der Waals surface area contributed by atoms with E-state index in [2.05, 4.69) is 0 Å². The Balaban J connectivity index is 0.00000118. The lowest BCUT2D eigenvalue weighted by Crippen LogP contribution is -2.25. The van der Waals surface area contributed by atoms with Crippen LogP contribution in [0.15, 0.2) is 24.3 Å². The van der Waals surface area contributed by atoms with Gasteiger partial charge in [-0.1, -0.05) is 32.0 Å². The van der Waals surface area contributed by atoms with E-state index in [-0.39, 0.29) is 17.3 Å². The lowest BCUT2D eigenvalue weighted by molar-refractivity contribution is -0.385. The van der Waals surface area contributed by atoms with Gasteiger partial charge in [0, 0.05) is 24.0 Å². The molecule has 24 heavy (non-hydrogen) atoms. The molecule has 0 heterocycles. The van der Waals surface area contributed by atoms with Gasteiger partial charge in [0.25, 0.3) is 5.69 Å². The molecule has 2 atom stereocenters. The molecular formula is C16H21NO7. The molecule has 0 saturated heterocycles. The van der Waals surface area contributed by atoms with Gasteiger partial charge in [0.1, 0.15) is 11.6 Å². The average Bonchev–Trinajstić information content (AvgIpc) is 2.47. The van der Waals surface area contributed by atoms with Crippen molar-refractivity contribution in [2.45, 2.75) is 39.5 Å². The van der Waals surface area contributed by atoms with Crippen LogP contribution >= 0.6 is 0 Å². The smallest absolute Gasteiger partial charge is 0.450 e. The Morgan fingerprint density at radius 1 is 1.21 bits per heavy atom. The predicted molar refractivity (Wildman–Crippen MR) is 86.3 cm³/mol. The fourth-order valence-electron chi connectivity index (χ4n) is 2.28. The molecular weight excluding hydrogens is 318 g/mol. The van der Waals surface area contributed by atoms with Gasteiger partial charge in [0.15, 0.2) is 0 Å². The summed E-state index contributed by atoms with van der Waals surface area (Å²) in [5.74, 6) is -1.56. The van der Waals surface area contributed by atoms with E-state index in [4.69, 9.17) is 15.0 Å². The van der Waals surface area contributed by atoms with Gasteiger partial charge in [0.2, 0.25) is 0 Å². The molecule has 0 aliphatic carbocycles. The second-order valence-corrected chi connectivity index (χ2v) is 5.19. The minimum absolute atomic E-state index is 0.102. The SMILES string of the molecule is CCCC(=O)C(c1ccccc1[N+](=O)[O-])C(C)C(C)=O.O=C(O)O. The first kappa shape index (κ1) is 21.2.